The Balaban J connectivity index is 1.86. The lowest BCUT2D eigenvalue weighted by Gasteiger charge is -2.18. The van der Waals surface area contributed by atoms with Gasteiger partial charge in [-0.15, -0.1) is 0 Å². The lowest BCUT2D eigenvalue weighted by atomic mass is 10.1. The second-order valence-electron chi connectivity index (χ2n) is 4.03. The highest BCUT2D eigenvalue weighted by Crippen LogP contribution is 2.45. The van der Waals surface area contributed by atoms with E-state index in [-0.39, 0.29) is 0 Å². The maximum absolute atomic E-state index is 8.90. The molecule has 0 amide bonds. The van der Waals surface area contributed by atoms with Crippen molar-refractivity contribution < 1.29 is 5.11 Å². The molecule has 1 aliphatic heterocycles. The number of nitrogens with zero attached hydrogens (tertiary/aromatic N) is 1. The number of hydrogen-bond acceptors (Lipinski definition) is 2. The minimum atomic E-state index is 0.412. The molecule has 1 heterocycles. The van der Waals surface area contributed by atoms with Gasteiger partial charge < -0.3 is 10.0 Å². The molecule has 2 rings (SSSR count). The molecule has 2 fully saturated rings. The fourth-order valence-corrected chi connectivity index (χ4v) is 2.43. The Labute approximate surface area is 68.2 Å². The molecule has 2 aliphatic rings. The van der Waals surface area contributed by atoms with E-state index in [0.29, 0.717) is 12.5 Å². The molecule has 1 saturated heterocycles. The molecule has 2 heteroatoms. The quantitative estimate of drug-likeness (QED) is 0.635. The summed E-state index contributed by atoms with van der Waals surface area (Å²) in [6.45, 7) is 1.67. The highest BCUT2D eigenvalue weighted by atomic mass is 16.3. The van der Waals surface area contributed by atoms with Crippen molar-refractivity contribution in [2.24, 2.45) is 11.8 Å². The molecule has 0 spiro atoms. The Morgan fingerprint density at radius 3 is 2.82 bits per heavy atom. The zero-order chi connectivity index (χ0) is 7.84. The molecule has 1 saturated carbocycles. The van der Waals surface area contributed by atoms with Crippen molar-refractivity contribution in [1.82, 2.24) is 4.90 Å². The second kappa shape index (κ2) is 2.76. The van der Waals surface area contributed by atoms with Gasteiger partial charge in [-0.1, -0.05) is 0 Å². The van der Waals surface area contributed by atoms with Crippen LogP contribution in [0.2, 0.25) is 0 Å². The summed E-state index contributed by atoms with van der Waals surface area (Å²) < 4.78 is 0. The van der Waals surface area contributed by atoms with Crippen molar-refractivity contribution in [3.8, 4) is 0 Å². The van der Waals surface area contributed by atoms with Crippen molar-refractivity contribution >= 4 is 0 Å². The normalized spacial score (nSPS) is 44.7. The van der Waals surface area contributed by atoms with Crippen LogP contribution >= 0.6 is 0 Å². The van der Waals surface area contributed by atoms with E-state index < -0.39 is 0 Å². The van der Waals surface area contributed by atoms with Crippen molar-refractivity contribution in [1.29, 1.82) is 0 Å². The van der Waals surface area contributed by atoms with E-state index in [2.05, 4.69) is 11.9 Å². The third kappa shape index (κ3) is 1.30. The molecule has 2 nitrogen and oxygen atoms in total. The smallest absolute Gasteiger partial charge is 0.0462 e. The molecular formula is C9H17NO. The number of rotatable bonds is 2. The van der Waals surface area contributed by atoms with Gasteiger partial charge in [0, 0.05) is 12.6 Å². The first kappa shape index (κ1) is 7.56. The number of likely N-dealkylation sites (tertiary alicyclic amines) is 1. The van der Waals surface area contributed by atoms with Gasteiger partial charge in [-0.2, -0.15) is 0 Å². The first-order valence-corrected chi connectivity index (χ1v) is 4.64. The number of hydrogen-bond donors (Lipinski definition) is 1. The molecule has 11 heavy (non-hydrogen) atoms. The van der Waals surface area contributed by atoms with E-state index in [0.717, 1.165) is 12.0 Å². The maximum Gasteiger partial charge on any atom is 0.0462 e. The van der Waals surface area contributed by atoms with Gasteiger partial charge in [0.2, 0.25) is 0 Å². The van der Waals surface area contributed by atoms with Crippen LogP contribution in [0.3, 0.4) is 0 Å². The first-order valence-electron chi connectivity index (χ1n) is 4.64. The summed E-state index contributed by atoms with van der Waals surface area (Å²) in [6, 6.07) is 0.798. The second-order valence-corrected chi connectivity index (χ2v) is 4.03. The molecule has 3 atom stereocenters. The number of aliphatic hydroxyl groups excluding tert-OH is 1. The summed E-state index contributed by atoms with van der Waals surface area (Å²) >= 11 is 0. The Bertz CT molecular complexity index is 148. The first-order chi connectivity index (χ1) is 5.33. The van der Waals surface area contributed by atoms with Crippen LogP contribution in [0.25, 0.3) is 0 Å². The molecule has 1 aliphatic carbocycles. The summed E-state index contributed by atoms with van der Waals surface area (Å²) in [7, 11) is 2.21. The lowest BCUT2D eigenvalue weighted by Crippen LogP contribution is -2.27. The number of aliphatic hydroxyl groups is 1. The minimum Gasteiger partial charge on any atom is -0.396 e. The zero-order valence-electron chi connectivity index (χ0n) is 7.16. The van der Waals surface area contributed by atoms with Crippen molar-refractivity contribution in [2.75, 3.05) is 20.2 Å². The van der Waals surface area contributed by atoms with Crippen LogP contribution in [0, 0.1) is 11.8 Å². The van der Waals surface area contributed by atoms with E-state index in [1.54, 1.807) is 0 Å². The standard InChI is InChI=1S/C9H17NO/c1-10-4-2-3-9(10)8-5-7(8)6-11/h7-9,11H,2-6H2,1H3. The van der Waals surface area contributed by atoms with Gasteiger partial charge in [-0.25, -0.2) is 0 Å². The van der Waals surface area contributed by atoms with E-state index >= 15 is 0 Å². The largest absolute Gasteiger partial charge is 0.396 e. The average molecular weight is 155 g/mol. The molecule has 1 N–H and O–H groups in total. The molecule has 0 aromatic carbocycles. The maximum atomic E-state index is 8.90. The molecule has 0 aromatic rings. The van der Waals surface area contributed by atoms with Crippen LogP contribution in [-0.2, 0) is 0 Å². The van der Waals surface area contributed by atoms with E-state index in [4.69, 9.17) is 5.11 Å². The van der Waals surface area contributed by atoms with Crippen LogP contribution in [0.5, 0.6) is 0 Å². The topological polar surface area (TPSA) is 23.5 Å². The van der Waals surface area contributed by atoms with Gasteiger partial charge in [0.25, 0.3) is 0 Å². The van der Waals surface area contributed by atoms with E-state index in [1.165, 1.54) is 25.8 Å². The summed E-state index contributed by atoms with van der Waals surface area (Å²) in [6.07, 6.45) is 3.99. The van der Waals surface area contributed by atoms with Crippen molar-refractivity contribution in [3.63, 3.8) is 0 Å². The SMILES string of the molecule is CN1CCCC1C1CC1CO. The predicted octanol–water partition coefficient (Wildman–Crippen LogP) is 0.709. The van der Waals surface area contributed by atoms with Crippen molar-refractivity contribution in [2.45, 2.75) is 25.3 Å². The zero-order valence-corrected chi connectivity index (χ0v) is 7.16. The van der Waals surface area contributed by atoms with Gasteiger partial charge in [-0.3, -0.25) is 0 Å². The Hall–Kier alpha value is -0.0800. The van der Waals surface area contributed by atoms with E-state index in [1.807, 2.05) is 0 Å². The molecule has 0 aromatic heterocycles. The Morgan fingerprint density at radius 1 is 1.55 bits per heavy atom. The third-order valence-electron chi connectivity index (χ3n) is 3.28. The Kier molecular flexibility index (Phi) is 1.90. The van der Waals surface area contributed by atoms with Gasteiger partial charge in [0.05, 0.1) is 0 Å². The fraction of sp³-hybridized carbons (Fsp3) is 1.00. The van der Waals surface area contributed by atoms with Gasteiger partial charge in [0.1, 0.15) is 0 Å². The van der Waals surface area contributed by atoms with Gasteiger partial charge in [-0.05, 0) is 44.7 Å². The van der Waals surface area contributed by atoms with E-state index in [9.17, 15) is 0 Å². The third-order valence-corrected chi connectivity index (χ3v) is 3.28. The monoisotopic (exact) mass is 155 g/mol. The highest BCUT2D eigenvalue weighted by molar-refractivity contribution is 4.97. The fourth-order valence-electron chi connectivity index (χ4n) is 2.43. The Morgan fingerprint density at radius 2 is 2.36 bits per heavy atom. The molecule has 0 bridgehead atoms. The lowest BCUT2D eigenvalue weighted by molar-refractivity contribution is 0.232. The van der Waals surface area contributed by atoms with Crippen LogP contribution < -0.4 is 0 Å². The molecular weight excluding hydrogens is 138 g/mol. The summed E-state index contributed by atoms with van der Waals surface area (Å²) in [5, 5.41) is 8.90. The molecule has 3 unspecified atom stereocenters. The van der Waals surface area contributed by atoms with Crippen LogP contribution in [0.15, 0.2) is 0 Å². The van der Waals surface area contributed by atoms with Crippen LogP contribution in [0.1, 0.15) is 19.3 Å². The summed E-state index contributed by atoms with van der Waals surface area (Å²) in [5.41, 5.74) is 0. The summed E-state index contributed by atoms with van der Waals surface area (Å²) in [4.78, 5) is 2.46. The van der Waals surface area contributed by atoms with Crippen LogP contribution in [0.4, 0.5) is 0 Å². The average Bonchev–Trinajstić information content (AvgIpc) is 2.68. The predicted molar refractivity (Wildman–Crippen MR) is 44.3 cm³/mol. The van der Waals surface area contributed by atoms with Crippen molar-refractivity contribution in [3.05, 3.63) is 0 Å². The van der Waals surface area contributed by atoms with Crippen LogP contribution in [-0.4, -0.2) is 36.2 Å². The van der Waals surface area contributed by atoms with Gasteiger partial charge in [0.15, 0.2) is 0 Å². The highest BCUT2D eigenvalue weighted by Gasteiger charge is 2.44. The minimum absolute atomic E-state index is 0.412. The molecule has 0 radical (unpaired) electrons. The molecule has 64 valence electrons. The van der Waals surface area contributed by atoms with Gasteiger partial charge >= 0.3 is 0 Å². The summed E-state index contributed by atoms with van der Waals surface area (Å²) in [5.74, 6) is 1.47.